The van der Waals surface area contributed by atoms with Gasteiger partial charge in [-0.25, -0.2) is 0 Å². The summed E-state index contributed by atoms with van der Waals surface area (Å²) in [5.74, 6) is 1.60. The fraction of sp³-hybridized carbons (Fsp3) is 0.462. The summed E-state index contributed by atoms with van der Waals surface area (Å²) in [4.78, 5) is 0. The number of hydrogen-bond acceptors (Lipinski definition) is 1. The van der Waals surface area contributed by atoms with Crippen LogP contribution in [0.15, 0.2) is 30.3 Å². The Kier molecular flexibility index (Phi) is 3.58. The maximum absolute atomic E-state index is 5.67. The van der Waals surface area contributed by atoms with Gasteiger partial charge in [0.05, 0.1) is 13.2 Å². The van der Waals surface area contributed by atoms with E-state index < -0.39 is 0 Å². The Morgan fingerprint density at radius 3 is 2.36 bits per heavy atom. The average Bonchev–Trinajstić information content (AvgIpc) is 2.72. The lowest BCUT2D eigenvalue weighted by molar-refractivity contribution is 0.128. The molecule has 0 atom stereocenters. The van der Waals surface area contributed by atoms with Crippen LogP contribution >= 0.6 is 0 Å². The predicted octanol–water partition coefficient (Wildman–Crippen LogP) is 3.35. The van der Waals surface area contributed by atoms with Gasteiger partial charge in [0, 0.05) is 5.92 Å². The summed E-state index contributed by atoms with van der Waals surface area (Å²) in [6.07, 6.45) is 5.30. The van der Waals surface area contributed by atoms with Crippen LogP contribution in [0.1, 0.15) is 31.2 Å². The van der Waals surface area contributed by atoms with E-state index in [1.807, 2.05) is 6.07 Å². The van der Waals surface area contributed by atoms with E-state index in [1.165, 1.54) is 31.2 Å². The molecule has 0 bridgehead atoms. The molecule has 2 rings (SSSR count). The van der Waals surface area contributed by atoms with E-state index in [-0.39, 0.29) is 0 Å². The molecule has 1 aromatic carbocycles. The second-order valence-corrected chi connectivity index (χ2v) is 3.94. The van der Waals surface area contributed by atoms with Crippen molar-refractivity contribution in [3.63, 3.8) is 0 Å². The summed E-state index contributed by atoms with van der Waals surface area (Å²) in [6.45, 7) is 1.62. The number of benzene rings is 1. The standard InChI is InChI=1S/C13H17O/c1-2-6-12(7-3-1)10-14-11-13-8-4-5-9-13/h1-3,6-7H,4-5,8-11H2. The summed E-state index contributed by atoms with van der Waals surface area (Å²) in [6, 6.07) is 10.4. The van der Waals surface area contributed by atoms with Crippen molar-refractivity contribution in [3.05, 3.63) is 41.8 Å². The van der Waals surface area contributed by atoms with Crippen LogP contribution in [0.4, 0.5) is 0 Å². The first-order valence-corrected chi connectivity index (χ1v) is 5.40. The number of hydrogen-bond donors (Lipinski definition) is 0. The minimum Gasteiger partial charge on any atom is -0.376 e. The highest BCUT2D eigenvalue weighted by Gasteiger charge is 2.15. The zero-order valence-corrected chi connectivity index (χ0v) is 8.54. The minimum absolute atomic E-state index is 0.754. The third-order valence-electron chi connectivity index (χ3n) is 2.73. The smallest absolute Gasteiger partial charge is 0.0717 e. The lowest BCUT2D eigenvalue weighted by atomic mass is 10.1. The Labute approximate surface area is 86.1 Å². The van der Waals surface area contributed by atoms with Crippen molar-refractivity contribution in [1.82, 2.24) is 0 Å². The maximum Gasteiger partial charge on any atom is 0.0717 e. The molecule has 1 saturated carbocycles. The van der Waals surface area contributed by atoms with Gasteiger partial charge in [-0.3, -0.25) is 0 Å². The third-order valence-corrected chi connectivity index (χ3v) is 2.73. The molecule has 1 heteroatoms. The molecule has 1 aliphatic rings. The van der Waals surface area contributed by atoms with Crippen molar-refractivity contribution in [2.24, 2.45) is 0 Å². The number of ether oxygens (including phenoxy) is 1. The minimum atomic E-state index is 0.754. The summed E-state index contributed by atoms with van der Waals surface area (Å²) < 4.78 is 5.67. The van der Waals surface area contributed by atoms with Crippen LogP contribution in [0.2, 0.25) is 0 Å². The predicted molar refractivity (Wildman–Crippen MR) is 57.8 cm³/mol. The first kappa shape index (κ1) is 9.72. The molecule has 1 aromatic rings. The zero-order chi connectivity index (χ0) is 9.64. The molecule has 1 fully saturated rings. The van der Waals surface area contributed by atoms with Gasteiger partial charge in [-0.2, -0.15) is 0 Å². The van der Waals surface area contributed by atoms with Gasteiger partial charge >= 0.3 is 0 Å². The van der Waals surface area contributed by atoms with E-state index in [4.69, 9.17) is 4.74 Å². The molecule has 1 aliphatic carbocycles. The molecule has 0 unspecified atom stereocenters. The molecule has 0 amide bonds. The van der Waals surface area contributed by atoms with E-state index in [2.05, 4.69) is 24.3 Å². The fourth-order valence-corrected chi connectivity index (χ4v) is 1.91. The van der Waals surface area contributed by atoms with Gasteiger partial charge in [-0.05, 0) is 18.4 Å². The molecule has 14 heavy (non-hydrogen) atoms. The molecular formula is C13H17O. The normalized spacial score (nSPS) is 17.4. The van der Waals surface area contributed by atoms with Crippen LogP contribution in [0.5, 0.6) is 0 Å². The quantitative estimate of drug-likeness (QED) is 0.705. The molecule has 0 aliphatic heterocycles. The van der Waals surface area contributed by atoms with Crippen LogP contribution in [0, 0.1) is 5.92 Å². The van der Waals surface area contributed by atoms with E-state index in [0.717, 1.165) is 13.2 Å². The molecule has 0 heterocycles. The topological polar surface area (TPSA) is 9.23 Å². The van der Waals surface area contributed by atoms with Crippen molar-refractivity contribution in [1.29, 1.82) is 0 Å². The SMILES string of the molecule is c1ccc(COC[C]2CCCC2)cc1. The third kappa shape index (κ3) is 2.85. The zero-order valence-electron chi connectivity index (χ0n) is 8.54. The Morgan fingerprint density at radius 1 is 0.929 bits per heavy atom. The largest absolute Gasteiger partial charge is 0.376 e. The second-order valence-electron chi connectivity index (χ2n) is 3.94. The van der Waals surface area contributed by atoms with Gasteiger partial charge in [0.1, 0.15) is 0 Å². The van der Waals surface area contributed by atoms with E-state index in [1.54, 1.807) is 5.92 Å². The highest BCUT2D eigenvalue weighted by molar-refractivity contribution is 5.13. The Morgan fingerprint density at radius 2 is 1.64 bits per heavy atom. The molecule has 1 radical (unpaired) electrons. The maximum atomic E-state index is 5.67. The Bertz CT molecular complexity index is 249. The molecular weight excluding hydrogens is 172 g/mol. The Hall–Kier alpha value is -0.820. The highest BCUT2D eigenvalue weighted by atomic mass is 16.5. The number of rotatable bonds is 4. The average molecular weight is 189 g/mol. The van der Waals surface area contributed by atoms with Crippen molar-refractivity contribution in [2.75, 3.05) is 6.61 Å². The van der Waals surface area contributed by atoms with Crippen molar-refractivity contribution >= 4 is 0 Å². The summed E-state index contributed by atoms with van der Waals surface area (Å²) in [5, 5.41) is 0. The van der Waals surface area contributed by atoms with Crippen LogP contribution in [-0.4, -0.2) is 6.61 Å². The lowest BCUT2D eigenvalue weighted by Gasteiger charge is -2.08. The van der Waals surface area contributed by atoms with E-state index >= 15 is 0 Å². The first-order chi connectivity index (χ1) is 6.95. The van der Waals surface area contributed by atoms with Crippen LogP contribution in [-0.2, 0) is 11.3 Å². The molecule has 0 N–H and O–H groups in total. The van der Waals surface area contributed by atoms with E-state index in [9.17, 15) is 0 Å². The first-order valence-electron chi connectivity index (χ1n) is 5.40. The summed E-state index contributed by atoms with van der Waals surface area (Å²) in [5.41, 5.74) is 1.27. The molecule has 0 spiro atoms. The van der Waals surface area contributed by atoms with Crippen LogP contribution in [0.25, 0.3) is 0 Å². The summed E-state index contributed by atoms with van der Waals surface area (Å²) in [7, 11) is 0. The second kappa shape index (κ2) is 5.16. The van der Waals surface area contributed by atoms with Crippen LogP contribution < -0.4 is 0 Å². The van der Waals surface area contributed by atoms with Crippen molar-refractivity contribution in [3.8, 4) is 0 Å². The highest BCUT2D eigenvalue weighted by Crippen LogP contribution is 2.26. The molecule has 1 nitrogen and oxygen atoms in total. The van der Waals surface area contributed by atoms with Gasteiger partial charge in [-0.15, -0.1) is 0 Å². The lowest BCUT2D eigenvalue weighted by Crippen LogP contribution is -2.03. The van der Waals surface area contributed by atoms with Crippen molar-refractivity contribution in [2.45, 2.75) is 32.3 Å². The van der Waals surface area contributed by atoms with Gasteiger partial charge < -0.3 is 4.74 Å². The van der Waals surface area contributed by atoms with Gasteiger partial charge in [-0.1, -0.05) is 43.2 Å². The van der Waals surface area contributed by atoms with Gasteiger partial charge in [0.15, 0.2) is 0 Å². The Balaban J connectivity index is 1.67. The van der Waals surface area contributed by atoms with Crippen LogP contribution in [0.3, 0.4) is 0 Å². The molecule has 75 valence electrons. The molecule has 0 aromatic heterocycles. The summed E-state index contributed by atoms with van der Waals surface area (Å²) >= 11 is 0. The van der Waals surface area contributed by atoms with Gasteiger partial charge in [0.25, 0.3) is 0 Å². The van der Waals surface area contributed by atoms with E-state index in [0.29, 0.717) is 0 Å². The molecule has 0 saturated heterocycles. The van der Waals surface area contributed by atoms with Crippen molar-refractivity contribution < 1.29 is 4.74 Å². The monoisotopic (exact) mass is 189 g/mol. The fourth-order valence-electron chi connectivity index (χ4n) is 1.91. The van der Waals surface area contributed by atoms with Gasteiger partial charge in [0.2, 0.25) is 0 Å².